The van der Waals surface area contributed by atoms with Gasteiger partial charge in [-0.2, -0.15) is 0 Å². The molecular weight excluding hydrogens is 276 g/mol. The Morgan fingerprint density at radius 2 is 2.15 bits per heavy atom. The first kappa shape index (κ1) is 13.5. The molecule has 0 bridgehead atoms. The highest BCUT2D eigenvalue weighted by atomic mass is 32.1. The number of hydrogen-bond acceptors (Lipinski definition) is 5. The average molecular weight is 294 g/mol. The number of nitrogens with zero attached hydrogens (tertiary/aromatic N) is 3. The van der Waals surface area contributed by atoms with Crippen LogP contribution in [0.1, 0.15) is 38.5 Å². The molecule has 2 amide bonds. The molecule has 1 aliphatic carbocycles. The quantitative estimate of drug-likeness (QED) is 0.920. The SMILES string of the molecule is O=C(Nc1nncs1)[C@@H]1CC(=O)N(C2CCCCC2)C1. The Bertz CT molecular complexity index is 485. The number of hydrogen-bond donors (Lipinski definition) is 1. The summed E-state index contributed by atoms with van der Waals surface area (Å²) < 4.78 is 0. The lowest BCUT2D eigenvalue weighted by Crippen LogP contribution is -2.38. The molecule has 2 heterocycles. The van der Waals surface area contributed by atoms with Gasteiger partial charge in [-0.15, -0.1) is 10.2 Å². The van der Waals surface area contributed by atoms with E-state index in [2.05, 4.69) is 15.5 Å². The van der Waals surface area contributed by atoms with E-state index in [-0.39, 0.29) is 17.7 Å². The zero-order chi connectivity index (χ0) is 13.9. The predicted molar refractivity (Wildman–Crippen MR) is 75.2 cm³/mol. The minimum Gasteiger partial charge on any atom is -0.339 e. The first-order valence-corrected chi connectivity index (χ1v) is 7.98. The summed E-state index contributed by atoms with van der Waals surface area (Å²) in [6.45, 7) is 0.550. The van der Waals surface area contributed by atoms with Gasteiger partial charge in [0.2, 0.25) is 16.9 Å². The second-order valence-corrected chi connectivity index (χ2v) is 6.31. The third kappa shape index (κ3) is 2.82. The fourth-order valence-corrected chi connectivity index (χ4v) is 3.54. The van der Waals surface area contributed by atoms with Gasteiger partial charge in [0.1, 0.15) is 5.51 Å². The van der Waals surface area contributed by atoms with Crippen molar-refractivity contribution in [1.29, 1.82) is 0 Å². The number of likely N-dealkylation sites (tertiary alicyclic amines) is 1. The third-order valence-electron chi connectivity index (χ3n) is 4.13. The van der Waals surface area contributed by atoms with Crippen LogP contribution in [-0.4, -0.2) is 39.5 Å². The van der Waals surface area contributed by atoms with E-state index < -0.39 is 0 Å². The predicted octanol–water partition coefficient (Wildman–Crippen LogP) is 1.66. The van der Waals surface area contributed by atoms with Crippen molar-refractivity contribution in [2.45, 2.75) is 44.6 Å². The maximum Gasteiger partial charge on any atom is 0.231 e. The van der Waals surface area contributed by atoms with Crippen LogP contribution in [0.5, 0.6) is 0 Å². The second-order valence-electron chi connectivity index (χ2n) is 5.47. The van der Waals surface area contributed by atoms with Gasteiger partial charge in [0.25, 0.3) is 0 Å². The number of rotatable bonds is 3. The van der Waals surface area contributed by atoms with Gasteiger partial charge in [0.05, 0.1) is 5.92 Å². The molecule has 0 radical (unpaired) electrons. The zero-order valence-electron chi connectivity index (χ0n) is 11.2. The second kappa shape index (κ2) is 5.87. The van der Waals surface area contributed by atoms with Crippen LogP contribution in [0.2, 0.25) is 0 Å². The monoisotopic (exact) mass is 294 g/mol. The summed E-state index contributed by atoms with van der Waals surface area (Å²) in [5, 5.41) is 10.7. The lowest BCUT2D eigenvalue weighted by atomic mass is 9.94. The summed E-state index contributed by atoms with van der Waals surface area (Å²) in [6.07, 6.45) is 6.12. The van der Waals surface area contributed by atoms with E-state index in [1.165, 1.54) is 30.6 Å². The van der Waals surface area contributed by atoms with Crippen molar-refractivity contribution < 1.29 is 9.59 Å². The van der Waals surface area contributed by atoms with Crippen molar-refractivity contribution in [2.75, 3.05) is 11.9 Å². The summed E-state index contributed by atoms with van der Waals surface area (Å²) in [5.74, 6) is -0.254. The lowest BCUT2D eigenvalue weighted by Gasteiger charge is -2.31. The molecule has 1 aromatic heterocycles. The average Bonchev–Trinajstić information content (AvgIpc) is 3.09. The van der Waals surface area contributed by atoms with Crippen molar-refractivity contribution in [3.8, 4) is 0 Å². The normalized spacial score (nSPS) is 24.1. The number of carbonyl (C=O) groups is 2. The molecule has 6 nitrogen and oxygen atoms in total. The fraction of sp³-hybridized carbons (Fsp3) is 0.692. The van der Waals surface area contributed by atoms with Gasteiger partial charge in [0.15, 0.2) is 0 Å². The highest BCUT2D eigenvalue weighted by Crippen LogP contribution is 2.29. The molecule has 0 spiro atoms. The van der Waals surface area contributed by atoms with Crippen molar-refractivity contribution in [3.05, 3.63) is 5.51 Å². The highest BCUT2D eigenvalue weighted by molar-refractivity contribution is 7.13. The first-order chi connectivity index (χ1) is 9.74. The van der Waals surface area contributed by atoms with Gasteiger partial charge >= 0.3 is 0 Å². The standard InChI is InChI=1S/C13H18N4O2S/c18-11-6-9(12(19)15-13-16-14-8-20-13)7-17(11)10-4-2-1-3-5-10/h8-10H,1-7H2,(H,15,16,19)/t9-/m1/s1. The highest BCUT2D eigenvalue weighted by Gasteiger charge is 2.38. The molecule has 20 heavy (non-hydrogen) atoms. The number of amides is 2. The summed E-state index contributed by atoms with van der Waals surface area (Å²) in [5.41, 5.74) is 1.57. The molecule has 1 saturated carbocycles. The third-order valence-corrected chi connectivity index (χ3v) is 4.74. The molecule has 1 aromatic rings. The molecule has 0 unspecified atom stereocenters. The Morgan fingerprint density at radius 3 is 2.85 bits per heavy atom. The van der Waals surface area contributed by atoms with E-state index >= 15 is 0 Å². The lowest BCUT2D eigenvalue weighted by molar-refractivity contribution is -0.130. The van der Waals surface area contributed by atoms with E-state index in [0.29, 0.717) is 24.1 Å². The summed E-state index contributed by atoms with van der Waals surface area (Å²) in [7, 11) is 0. The topological polar surface area (TPSA) is 75.2 Å². The molecule has 108 valence electrons. The molecule has 1 atom stereocenters. The molecule has 7 heteroatoms. The van der Waals surface area contributed by atoms with Gasteiger partial charge in [-0.3, -0.25) is 9.59 Å². The number of carbonyl (C=O) groups excluding carboxylic acids is 2. The number of anilines is 1. The number of aromatic nitrogens is 2. The Morgan fingerprint density at radius 1 is 1.35 bits per heavy atom. The Kier molecular flexibility index (Phi) is 3.95. The van der Waals surface area contributed by atoms with E-state index in [9.17, 15) is 9.59 Å². The summed E-state index contributed by atoms with van der Waals surface area (Å²) in [4.78, 5) is 26.2. The maximum absolute atomic E-state index is 12.1. The Labute approximate surface area is 121 Å². The maximum atomic E-state index is 12.1. The van der Waals surface area contributed by atoms with Crippen molar-refractivity contribution in [3.63, 3.8) is 0 Å². The Balaban J connectivity index is 1.59. The van der Waals surface area contributed by atoms with Crippen molar-refractivity contribution >= 4 is 28.3 Å². The fourth-order valence-electron chi connectivity index (χ4n) is 3.09. The molecule has 1 aliphatic heterocycles. The molecule has 2 fully saturated rings. The van der Waals surface area contributed by atoms with Crippen molar-refractivity contribution in [2.24, 2.45) is 5.92 Å². The van der Waals surface area contributed by atoms with Crippen molar-refractivity contribution in [1.82, 2.24) is 15.1 Å². The van der Waals surface area contributed by atoms with Crippen LogP contribution in [0.15, 0.2) is 5.51 Å². The van der Waals surface area contributed by atoms with Crippen LogP contribution in [0.3, 0.4) is 0 Å². The van der Waals surface area contributed by atoms with Crippen LogP contribution in [0.25, 0.3) is 0 Å². The van der Waals surface area contributed by atoms with Crippen LogP contribution in [-0.2, 0) is 9.59 Å². The van der Waals surface area contributed by atoms with E-state index in [4.69, 9.17) is 0 Å². The zero-order valence-corrected chi connectivity index (χ0v) is 12.1. The number of nitrogens with one attached hydrogen (secondary N) is 1. The largest absolute Gasteiger partial charge is 0.339 e. The van der Waals surface area contributed by atoms with Gasteiger partial charge < -0.3 is 10.2 Å². The minimum absolute atomic E-state index is 0.117. The van der Waals surface area contributed by atoms with Crippen LogP contribution >= 0.6 is 11.3 Å². The minimum atomic E-state index is -0.256. The van der Waals surface area contributed by atoms with E-state index in [0.717, 1.165) is 12.8 Å². The molecule has 1 saturated heterocycles. The van der Waals surface area contributed by atoms with E-state index in [1.54, 1.807) is 5.51 Å². The van der Waals surface area contributed by atoms with Crippen LogP contribution in [0.4, 0.5) is 5.13 Å². The smallest absolute Gasteiger partial charge is 0.231 e. The van der Waals surface area contributed by atoms with Gasteiger partial charge in [0, 0.05) is 19.0 Å². The molecule has 0 aromatic carbocycles. The van der Waals surface area contributed by atoms with Gasteiger partial charge in [-0.25, -0.2) is 0 Å². The molecule has 3 rings (SSSR count). The summed E-state index contributed by atoms with van der Waals surface area (Å²) >= 11 is 1.29. The summed E-state index contributed by atoms with van der Waals surface area (Å²) in [6, 6.07) is 0.343. The molecular formula is C13H18N4O2S. The van der Waals surface area contributed by atoms with E-state index in [1.807, 2.05) is 4.90 Å². The first-order valence-electron chi connectivity index (χ1n) is 7.10. The Hall–Kier alpha value is -1.50. The van der Waals surface area contributed by atoms with Crippen LogP contribution in [0, 0.1) is 5.92 Å². The van der Waals surface area contributed by atoms with Gasteiger partial charge in [-0.1, -0.05) is 30.6 Å². The van der Waals surface area contributed by atoms with Gasteiger partial charge in [-0.05, 0) is 12.8 Å². The molecule has 1 N–H and O–H groups in total. The molecule has 2 aliphatic rings. The van der Waals surface area contributed by atoms with Crippen LogP contribution < -0.4 is 5.32 Å².